The fourth-order valence-corrected chi connectivity index (χ4v) is 7.26. The number of ether oxygens (including phenoxy) is 5. The van der Waals surface area contributed by atoms with Gasteiger partial charge in [-0.25, -0.2) is 0 Å². The lowest BCUT2D eigenvalue weighted by atomic mass is 10.0. The van der Waals surface area contributed by atoms with Crippen molar-refractivity contribution in [3.8, 4) is 0 Å². The van der Waals surface area contributed by atoms with Gasteiger partial charge in [-0.05, 0) is 39.2 Å². The second-order valence-electron chi connectivity index (χ2n) is 17.8. The third-order valence-corrected chi connectivity index (χ3v) is 11.5. The Labute approximate surface area is 384 Å². The summed E-state index contributed by atoms with van der Waals surface area (Å²) in [6.45, 7) is 7.43. The molecule has 0 radical (unpaired) electrons. The SMILES string of the molecule is CCCCCCCCCCCCCCCCCC(=O)OCC(COC(=O)CCCC(COC(=O)CCCCCCC)COC(=O)CCCCCCC)COC(=O)CCN(C)CCO. The number of aliphatic hydroxyl groups excluding tert-OH is 1. The summed E-state index contributed by atoms with van der Waals surface area (Å²) in [5.41, 5.74) is 0. The van der Waals surface area contributed by atoms with Gasteiger partial charge in [0.25, 0.3) is 0 Å². The highest BCUT2D eigenvalue weighted by molar-refractivity contribution is 5.71. The van der Waals surface area contributed by atoms with E-state index in [1.54, 1.807) is 7.05 Å². The van der Waals surface area contributed by atoms with Gasteiger partial charge in [0.2, 0.25) is 0 Å². The topological polar surface area (TPSA) is 155 Å². The zero-order chi connectivity index (χ0) is 46.4. The monoisotopic (exact) mass is 898 g/mol. The molecule has 1 atom stereocenters. The van der Waals surface area contributed by atoms with Crippen LogP contribution in [0.1, 0.15) is 226 Å². The first kappa shape index (κ1) is 60.3. The van der Waals surface area contributed by atoms with Crippen molar-refractivity contribution >= 4 is 29.8 Å². The molecule has 0 aliphatic rings. The smallest absolute Gasteiger partial charge is 0.307 e. The van der Waals surface area contributed by atoms with Crippen LogP contribution in [0.3, 0.4) is 0 Å². The summed E-state index contributed by atoms with van der Waals surface area (Å²) in [6, 6.07) is 0. The van der Waals surface area contributed by atoms with Crippen LogP contribution >= 0.6 is 0 Å². The summed E-state index contributed by atoms with van der Waals surface area (Å²) in [5.74, 6) is -2.52. The molecule has 12 heteroatoms. The minimum atomic E-state index is -0.534. The Morgan fingerprint density at radius 3 is 0.952 bits per heavy atom. The van der Waals surface area contributed by atoms with Crippen molar-refractivity contribution in [1.29, 1.82) is 0 Å². The van der Waals surface area contributed by atoms with E-state index < -0.39 is 17.9 Å². The number of carbonyl (C=O) groups is 5. The molecule has 0 spiro atoms. The molecule has 0 rings (SSSR count). The second kappa shape index (κ2) is 45.8. The van der Waals surface area contributed by atoms with Gasteiger partial charge in [0.05, 0.1) is 32.2 Å². The number of nitrogens with zero attached hydrogens (tertiary/aromatic N) is 1. The maximum absolute atomic E-state index is 12.9. The molecular formula is C51H95NO11. The molecule has 63 heavy (non-hydrogen) atoms. The van der Waals surface area contributed by atoms with E-state index in [1.165, 1.54) is 77.0 Å². The van der Waals surface area contributed by atoms with Crippen molar-refractivity contribution in [2.75, 3.05) is 59.8 Å². The molecule has 370 valence electrons. The Hall–Kier alpha value is -2.73. The van der Waals surface area contributed by atoms with Crippen LogP contribution in [0.25, 0.3) is 0 Å². The predicted octanol–water partition coefficient (Wildman–Crippen LogP) is 11.4. The first-order chi connectivity index (χ1) is 30.6. The quantitative estimate of drug-likeness (QED) is 0.0351. The lowest BCUT2D eigenvalue weighted by molar-refractivity contribution is -0.155. The van der Waals surface area contributed by atoms with Crippen LogP contribution in [0, 0.1) is 11.8 Å². The number of unbranched alkanes of at least 4 members (excludes halogenated alkanes) is 22. The summed E-state index contributed by atoms with van der Waals surface area (Å²) in [4.78, 5) is 64.7. The second-order valence-corrected chi connectivity index (χ2v) is 17.8. The van der Waals surface area contributed by atoms with Crippen LogP contribution in [0.5, 0.6) is 0 Å². The Balaban J connectivity index is 4.87. The molecule has 0 heterocycles. The molecule has 1 N–H and O–H groups in total. The van der Waals surface area contributed by atoms with E-state index in [0.717, 1.165) is 83.5 Å². The van der Waals surface area contributed by atoms with Crippen molar-refractivity contribution in [2.24, 2.45) is 11.8 Å². The van der Waals surface area contributed by atoms with Crippen LogP contribution in [0.4, 0.5) is 0 Å². The van der Waals surface area contributed by atoms with Gasteiger partial charge in [-0.2, -0.15) is 0 Å². The van der Waals surface area contributed by atoms with E-state index in [0.29, 0.717) is 45.2 Å². The molecule has 0 saturated carbocycles. The highest BCUT2D eigenvalue weighted by atomic mass is 16.6. The lowest BCUT2D eigenvalue weighted by Crippen LogP contribution is -2.28. The maximum atomic E-state index is 12.9. The molecule has 0 aromatic heterocycles. The molecule has 0 aliphatic heterocycles. The van der Waals surface area contributed by atoms with Gasteiger partial charge in [-0.3, -0.25) is 24.0 Å². The van der Waals surface area contributed by atoms with Gasteiger partial charge in [-0.1, -0.05) is 162 Å². The number of esters is 5. The van der Waals surface area contributed by atoms with Gasteiger partial charge >= 0.3 is 29.8 Å². The molecular weight excluding hydrogens is 803 g/mol. The number of rotatable bonds is 47. The molecule has 0 saturated heterocycles. The molecule has 0 aliphatic carbocycles. The maximum Gasteiger partial charge on any atom is 0.307 e. The van der Waals surface area contributed by atoms with Crippen LogP contribution < -0.4 is 0 Å². The molecule has 0 fully saturated rings. The molecule has 0 aromatic rings. The number of hydrogen-bond acceptors (Lipinski definition) is 12. The average molecular weight is 898 g/mol. The minimum Gasteiger partial charge on any atom is -0.465 e. The summed E-state index contributed by atoms with van der Waals surface area (Å²) in [5, 5.41) is 9.14. The molecule has 0 bridgehead atoms. The standard InChI is InChI=1S/C51H95NO11/c1-5-8-11-14-15-16-17-18-19-20-21-22-23-26-29-34-49(56)61-42-46(44-63-51(58)36-37-52(4)38-39-53)43-62-50(57)35-30-31-45(40-59-47(54)32-27-24-12-9-6-2)41-60-48(55)33-28-25-13-10-7-3/h45-46,53H,5-44H2,1-4H3. The van der Waals surface area contributed by atoms with Crippen LogP contribution in [0.15, 0.2) is 0 Å². The number of aliphatic hydroxyl groups is 1. The largest absolute Gasteiger partial charge is 0.465 e. The fraction of sp³-hybridized carbons (Fsp3) is 0.902. The molecule has 0 aromatic carbocycles. The van der Waals surface area contributed by atoms with Crippen molar-refractivity contribution in [1.82, 2.24) is 4.90 Å². The van der Waals surface area contributed by atoms with Crippen molar-refractivity contribution in [2.45, 2.75) is 226 Å². The van der Waals surface area contributed by atoms with Gasteiger partial charge in [0.15, 0.2) is 0 Å². The van der Waals surface area contributed by atoms with Crippen LogP contribution in [-0.4, -0.2) is 99.6 Å². The van der Waals surface area contributed by atoms with Crippen molar-refractivity contribution < 1.29 is 52.8 Å². The fourth-order valence-electron chi connectivity index (χ4n) is 7.26. The third kappa shape index (κ3) is 43.0. The first-order valence-electron chi connectivity index (χ1n) is 25.7. The van der Waals surface area contributed by atoms with Crippen molar-refractivity contribution in [3.63, 3.8) is 0 Å². The highest BCUT2D eigenvalue weighted by Gasteiger charge is 2.20. The number of likely N-dealkylation sites (N-methyl/N-ethyl adjacent to an activating group) is 1. The minimum absolute atomic E-state index is 0.0101. The molecule has 1 unspecified atom stereocenters. The Kier molecular flexibility index (Phi) is 43.8. The molecule has 0 amide bonds. The van der Waals surface area contributed by atoms with Gasteiger partial charge in [-0.15, -0.1) is 0 Å². The Morgan fingerprint density at radius 2 is 0.635 bits per heavy atom. The summed E-state index contributed by atoms with van der Waals surface area (Å²) >= 11 is 0. The van der Waals surface area contributed by atoms with E-state index in [9.17, 15) is 24.0 Å². The van der Waals surface area contributed by atoms with E-state index in [4.69, 9.17) is 28.8 Å². The van der Waals surface area contributed by atoms with Crippen molar-refractivity contribution in [3.05, 3.63) is 0 Å². The van der Waals surface area contributed by atoms with Gasteiger partial charge < -0.3 is 33.7 Å². The van der Waals surface area contributed by atoms with E-state index in [-0.39, 0.29) is 76.3 Å². The van der Waals surface area contributed by atoms with E-state index >= 15 is 0 Å². The first-order valence-corrected chi connectivity index (χ1v) is 25.7. The lowest BCUT2D eigenvalue weighted by Gasteiger charge is -2.19. The van der Waals surface area contributed by atoms with E-state index in [1.807, 2.05) is 4.90 Å². The van der Waals surface area contributed by atoms with Crippen LogP contribution in [0.2, 0.25) is 0 Å². The normalized spacial score (nSPS) is 11.8. The number of hydrogen-bond donors (Lipinski definition) is 1. The summed E-state index contributed by atoms with van der Waals surface area (Å²) < 4.78 is 27.8. The van der Waals surface area contributed by atoms with Crippen LogP contribution in [-0.2, 0) is 47.7 Å². The summed E-state index contributed by atoms with van der Waals surface area (Å²) in [6.07, 6.45) is 31.1. The third-order valence-electron chi connectivity index (χ3n) is 11.5. The summed E-state index contributed by atoms with van der Waals surface area (Å²) in [7, 11) is 1.80. The Bertz CT molecular complexity index is 1070. The van der Waals surface area contributed by atoms with Gasteiger partial charge in [0, 0.05) is 44.7 Å². The Morgan fingerprint density at radius 1 is 0.365 bits per heavy atom. The zero-order valence-corrected chi connectivity index (χ0v) is 40.9. The highest BCUT2D eigenvalue weighted by Crippen LogP contribution is 2.17. The van der Waals surface area contributed by atoms with E-state index in [2.05, 4.69) is 20.8 Å². The molecule has 12 nitrogen and oxygen atoms in total. The predicted molar refractivity (Wildman–Crippen MR) is 251 cm³/mol. The van der Waals surface area contributed by atoms with Gasteiger partial charge in [0.1, 0.15) is 19.8 Å². The number of carbonyl (C=O) groups excluding carboxylic acids is 5. The average Bonchev–Trinajstić information content (AvgIpc) is 3.27. The zero-order valence-electron chi connectivity index (χ0n) is 40.9.